The standard InChI is InChI=1S/C35H41NO4/c1-2-3-4-5-6-7-8-9-10-11-12-13-14-15-16-17-21-24-33(37)40-35(39)30-27-28-36-31(30)25-26-32(36)34(38)29-22-19-18-20-23-29/h3-4,6-7,9-10,12-13,15-16,18-20,22-23,25-26,30H,2,5,8,11,14,17,21,24,27-28H2,1H3/b4-3-,7-6-,10-9-,13-12-,16-15-. The van der Waals surface area contributed by atoms with Crippen LogP contribution in [0, 0.1) is 0 Å². The van der Waals surface area contributed by atoms with Crippen molar-refractivity contribution in [1.29, 1.82) is 0 Å². The molecule has 0 spiro atoms. The third kappa shape index (κ3) is 9.96. The van der Waals surface area contributed by atoms with Crippen LogP contribution >= 0.6 is 0 Å². The number of esters is 2. The van der Waals surface area contributed by atoms with Crippen molar-refractivity contribution in [2.24, 2.45) is 0 Å². The van der Waals surface area contributed by atoms with Gasteiger partial charge in [-0.05, 0) is 63.5 Å². The summed E-state index contributed by atoms with van der Waals surface area (Å²) < 4.78 is 7.02. The van der Waals surface area contributed by atoms with Crippen molar-refractivity contribution in [2.75, 3.05) is 0 Å². The predicted molar refractivity (Wildman–Crippen MR) is 161 cm³/mol. The van der Waals surface area contributed by atoms with Gasteiger partial charge in [-0.1, -0.05) is 98.0 Å². The van der Waals surface area contributed by atoms with Crippen molar-refractivity contribution in [2.45, 2.75) is 77.2 Å². The lowest BCUT2D eigenvalue weighted by atomic mass is 10.1. The Morgan fingerprint density at radius 2 is 1.40 bits per heavy atom. The molecular formula is C35H41NO4. The molecule has 210 valence electrons. The zero-order chi connectivity index (χ0) is 28.4. The number of fused-ring (bicyclic) bond motifs is 1. The fourth-order valence-electron chi connectivity index (χ4n) is 4.58. The molecule has 1 unspecified atom stereocenters. The van der Waals surface area contributed by atoms with Crippen molar-refractivity contribution in [1.82, 2.24) is 4.57 Å². The minimum atomic E-state index is -0.532. The van der Waals surface area contributed by atoms with Crippen LogP contribution in [0.3, 0.4) is 0 Å². The molecule has 0 radical (unpaired) electrons. The molecule has 0 N–H and O–H groups in total. The molecular weight excluding hydrogens is 498 g/mol. The molecule has 5 nitrogen and oxygen atoms in total. The summed E-state index contributed by atoms with van der Waals surface area (Å²) in [4.78, 5) is 37.8. The van der Waals surface area contributed by atoms with Gasteiger partial charge in [0.25, 0.3) is 0 Å². The Labute approximate surface area is 238 Å². The number of hydrogen-bond acceptors (Lipinski definition) is 4. The zero-order valence-corrected chi connectivity index (χ0v) is 23.5. The number of ketones is 1. The van der Waals surface area contributed by atoms with Crippen molar-refractivity contribution in [3.63, 3.8) is 0 Å². The molecule has 0 saturated heterocycles. The van der Waals surface area contributed by atoms with E-state index in [1.807, 2.05) is 22.8 Å². The van der Waals surface area contributed by atoms with Gasteiger partial charge >= 0.3 is 11.9 Å². The van der Waals surface area contributed by atoms with E-state index < -0.39 is 17.9 Å². The summed E-state index contributed by atoms with van der Waals surface area (Å²) >= 11 is 0. The maximum Gasteiger partial charge on any atom is 0.322 e. The highest BCUT2D eigenvalue weighted by Gasteiger charge is 2.34. The van der Waals surface area contributed by atoms with E-state index in [0.717, 1.165) is 44.2 Å². The van der Waals surface area contributed by atoms with E-state index in [1.165, 1.54) is 0 Å². The fraction of sp³-hybridized carbons (Fsp3) is 0.343. The molecule has 1 atom stereocenters. The average molecular weight is 540 g/mol. The molecule has 0 bridgehead atoms. The molecule has 40 heavy (non-hydrogen) atoms. The van der Waals surface area contributed by atoms with E-state index in [-0.39, 0.29) is 12.2 Å². The molecule has 0 amide bonds. The van der Waals surface area contributed by atoms with E-state index in [4.69, 9.17) is 4.74 Å². The molecule has 1 aromatic heterocycles. The van der Waals surface area contributed by atoms with E-state index in [1.54, 1.807) is 24.3 Å². The molecule has 1 aliphatic heterocycles. The lowest BCUT2D eigenvalue weighted by Crippen LogP contribution is -2.18. The molecule has 5 heteroatoms. The maximum absolute atomic E-state index is 12.8. The molecule has 0 fully saturated rings. The number of carbonyl (C=O) groups excluding carboxylic acids is 3. The number of hydrogen-bond donors (Lipinski definition) is 0. The van der Waals surface area contributed by atoms with Gasteiger partial charge in [0.1, 0.15) is 0 Å². The second-order valence-corrected chi connectivity index (χ2v) is 9.72. The van der Waals surface area contributed by atoms with Gasteiger partial charge in [-0.2, -0.15) is 0 Å². The van der Waals surface area contributed by atoms with Crippen LogP contribution < -0.4 is 0 Å². The largest absolute Gasteiger partial charge is 0.393 e. The Kier molecular flexibility index (Phi) is 13.4. The van der Waals surface area contributed by atoms with Gasteiger partial charge in [-0.15, -0.1) is 0 Å². The highest BCUT2D eigenvalue weighted by atomic mass is 16.6. The predicted octanol–water partition coefficient (Wildman–Crippen LogP) is 8.20. The van der Waals surface area contributed by atoms with Gasteiger partial charge < -0.3 is 9.30 Å². The maximum atomic E-state index is 12.8. The van der Waals surface area contributed by atoms with Crippen LogP contribution in [0.5, 0.6) is 0 Å². The average Bonchev–Trinajstić information content (AvgIpc) is 3.57. The third-order valence-corrected chi connectivity index (χ3v) is 6.69. The first-order valence-corrected chi connectivity index (χ1v) is 14.4. The van der Waals surface area contributed by atoms with Gasteiger partial charge in [-0.3, -0.25) is 14.4 Å². The van der Waals surface area contributed by atoms with E-state index in [0.29, 0.717) is 30.6 Å². The van der Waals surface area contributed by atoms with Crippen LogP contribution in [0.15, 0.2) is 103 Å². The van der Waals surface area contributed by atoms with Crippen LogP contribution in [0.1, 0.15) is 92.4 Å². The first-order valence-electron chi connectivity index (χ1n) is 14.4. The Bertz CT molecular complexity index is 1240. The zero-order valence-electron chi connectivity index (χ0n) is 23.5. The van der Waals surface area contributed by atoms with Crippen molar-refractivity contribution >= 4 is 17.7 Å². The fourth-order valence-corrected chi connectivity index (χ4v) is 4.58. The summed E-state index contributed by atoms with van der Waals surface area (Å²) in [6.45, 7) is 2.69. The number of aromatic nitrogens is 1. The van der Waals surface area contributed by atoms with E-state index in [2.05, 4.69) is 67.7 Å². The second-order valence-electron chi connectivity index (χ2n) is 9.72. The lowest BCUT2D eigenvalue weighted by Gasteiger charge is -2.08. The summed E-state index contributed by atoms with van der Waals surface area (Å²) in [5.74, 6) is -1.63. The van der Waals surface area contributed by atoms with Gasteiger partial charge in [-0.25, -0.2) is 0 Å². The normalized spacial score (nSPS) is 15.3. The molecule has 2 heterocycles. The third-order valence-electron chi connectivity index (χ3n) is 6.69. The number of nitrogens with zero attached hydrogens (tertiary/aromatic N) is 1. The van der Waals surface area contributed by atoms with Gasteiger partial charge in [0.2, 0.25) is 5.78 Å². The van der Waals surface area contributed by atoms with Crippen molar-refractivity contribution < 1.29 is 19.1 Å². The number of unbranched alkanes of at least 4 members (excludes halogenated alkanes) is 1. The van der Waals surface area contributed by atoms with E-state index in [9.17, 15) is 14.4 Å². The number of carbonyl (C=O) groups is 3. The number of rotatable bonds is 16. The number of ether oxygens (including phenoxy) is 1. The highest BCUT2D eigenvalue weighted by Crippen LogP contribution is 2.32. The van der Waals surface area contributed by atoms with Crippen LogP contribution in [-0.4, -0.2) is 22.3 Å². The van der Waals surface area contributed by atoms with Crippen LogP contribution in [-0.2, 0) is 20.9 Å². The number of benzene rings is 1. The van der Waals surface area contributed by atoms with Crippen molar-refractivity contribution in [3.05, 3.63) is 120 Å². The topological polar surface area (TPSA) is 65.4 Å². The SMILES string of the molecule is CC/C=C\C/C=C\C/C=C\C/C=C\C/C=C\CCCC(=O)OC(=O)C1CCn2c(C(=O)c3ccccc3)ccc21. The number of allylic oxidation sites excluding steroid dienone is 10. The molecule has 0 aliphatic carbocycles. The summed E-state index contributed by atoms with van der Waals surface area (Å²) in [5, 5.41) is 0. The second kappa shape index (κ2) is 17.6. The van der Waals surface area contributed by atoms with E-state index >= 15 is 0 Å². The van der Waals surface area contributed by atoms with Gasteiger partial charge in [0, 0.05) is 24.2 Å². The first-order chi connectivity index (χ1) is 19.6. The Morgan fingerprint density at radius 1 is 0.800 bits per heavy atom. The Morgan fingerprint density at radius 3 is 2.02 bits per heavy atom. The first kappa shape index (κ1) is 30.6. The monoisotopic (exact) mass is 539 g/mol. The molecule has 2 aromatic rings. The lowest BCUT2D eigenvalue weighted by molar-refractivity contribution is -0.160. The minimum Gasteiger partial charge on any atom is -0.393 e. The smallest absolute Gasteiger partial charge is 0.322 e. The van der Waals surface area contributed by atoms with Gasteiger partial charge in [0.05, 0.1) is 11.6 Å². The van der Waals surface area contributed by atoms with Crippen LogP contribution in [0.25, 0.3) is 0 Å². The minimum absolute atomic E-state index is 0.0769. The van der Waals surface area contributed by atoms with Crippen LogP contribution in [0.4, 0.5) is 0 Å². The summed E-state index contributed by atoms with van der Waals surface area (Å²) in [6, 6.07) is 12.6. The van der Waals surface area contributed by atoms with Crippen LogP contribution in [0.2, 0.25) is 0 Å². The highest BCUT2D eigenvalue weighted by molar-refractivity contribution is 6.08. The Hall–Kier alpha value is -3.99. The molecule has 1 aliphatic rings. The Balaban J connectivity index is 1.29. The van der Waals surface area contributed by atoms with Crippen molar-refractivity contribution in [3.8, 4) is 0 Å². The molecule has 0 saturated carbocycles. The summed E-state index contributed by atoms with van der Waals surface area (Å²) in [7, 11) is 0. The van der Waals surface area contributed by atoms with Gasteiger partial charge in [0.15, 0.2) is 0 Å². The molecule has 1 aromatic carbocycles. The summed E-state index contributed by atoms with van der Waals surface area (Å²) in [5.41, 5.74) is 1.90. The summed E-state index contributed by atoms with van der Waals surface area (Å²) in [6.07, 6.45) is 28.5. The quantitative estimate of drug-likeness (QED) is 0.0709. The molecule has 3 rings (SSSR count).